The number of rotatable bonds is 4. The smallest absolute Gasteiger partial charge is 0.307 e. The molecular formula is C9H19NO2. The van der Waals surface area contributed by atoms with Crippen molar-refractivity contribution in [1.29, 1.82) is 0 Å². The lowest BCUT2D eigenvalue weighted by Gasteiger charge is -2.17. The summed E-state index contributed by atoms with van der Waals surface area (Å²) in [5.41, 5.74) is 5.41. The highest BCUT2D eigenvalue weighted by atomic mass is 16.5. The first kappa shape index (κ1) is 11.4. The van der Waals surface area contributed by atoms with Gasteiger partial charge in [-0.15, -0.1) is 0 Å². The molecule has 0 aliphatic rings. The number of ether oxygens (including phenoxy) is 1. The van der Waals surface area contributed by atoms with Crippen molar-refractivity contribution in [3.05, 3.63) is 0 Å². The number of nitrogens with two attached hydrogens (primary N) is 1. The fourth-order valence-corrected chi connectivity index (χ4v) is 0.661. The summed E-state index contributed by atoms with van der Waals surface area (Å²) in [6, 6.07) is 0. The summed E-state index contributed by atoms with van der Waals surface area (Å²) >= 11 is 0. The third kappa shape index (κ3) is 7.54. The van der Waals surface area contributed by atoms with Gasteiger partial charge in [0.1, 0.15) is 0 Å². The Balaban J connectivity index is 3.37. The van der Waals surface area contributed by atoms with Crippen LogP contribution in [-0.2, 0) is 9.53 Å². The van der Waals surface area contributed by atoms with E-state index >= 15 is 0 Å². The zero-order chi connectivity index (χ0) is 9.61. The lowest BCUT2D eigenvalue weighted by molar-refractivity contribution is -0.144. The molecule has 0 aromatic carbocycles. The third-order valence-corrected chi connectivity index (χ3v) is 1.46. The maximum absolute atomic E-state index is 10.8. The number of carbonyl (C=O) groups is 1. The van der Waals surface area contributed by atoms with Crippen molar-refractivity contribution in [1.82, 2.24) is 0 Å². The van der Waals surface area contributed by atoms with E-state index in [4.69, 9.17) is 10.5 Å². The van der Waals surface area contributed by atoms with Gasteiger partial charge in [0.2, 0.25) is 0 Å². The second-order valence-electron chi connectivity index (χ2n) is 4.07. The first-order valence-corrected chi connectivity index (χ1v) is 4.31. The first-order valence-electron chi connectivity index (χ1n) is 4.31. The molecule has 0 radical (unpaired) electrons. The van der Waals surface area contributed by atoms with Crippen LogP contribution in [0.15, 0.2) is 0 Å². The van der Waals surface area contributed by atoms with Crippen molar-refractivity contribution in [3.8, 4) is 0 Å². The second kappa shape index (κ2) is 5.14. The maximum atomic E-state index is 10.8. The summed E-state index contributed by atoms with van der Waals surface area (Å²) in [4.78, 5) is 10.8. The molecule has 3 heteroatoms. The lowest BCUT2D eigenvalue weighted by atomic mass is 9.93. The third-order valence-electron chi connectivity index (χ3n) is 1.46. The Morgan fingerprint density at radius 1 is 1.42 bits per heavy atom. The van der Waals surface area contributed by atoms with Crippen LogP contribution >= 0.6 is 0 Å². The summed E-state index contributed by atoms with van der Waals surface area (Å²) in [7, 11) is 0. The van der Waals surface area contributed by atoms with Crippen LogP contribution in [-0.4, -0.2) is 19.1 Å². The normalized spacial score (nSPS) is 11.3. The quantitative estimate of drug-likeness (QED) is 0.652. The van der Waals surface area contributed by atoms with Gasteiger partial charge >= 0.3 is 5.97 Å². The van der Waals surface area contributed by atoms with Gasteiger partial charge < -0.3 is 10.5 Å². The molecule has 3 nitrogen and oxygen atoms in total. The van der Waals surface area contributed by atoms with E-state index in [2.05, 4.69) is 20.8 Å². The minimum atomic E-state index is -0.193. The topological polar surface area (TPSA) is 52.3 Å². The van der Waals surface area contributed by atoms with E-state index in [1.54, 1.807) is 0 Å². The van der Waals surface area contributed by atoms with Crippen LogP contribution in [0, 0.1) is 5.41 Å². The van der Waals surface area contributed by atoms with Crippen molar-refractivity contribution in [3.63, 3.8) is 0 Å². The molecule has 0 aromatic rings. The van der Waals surface area contributed by atoms with Gasteiger partial charge in [-0.2, -0.15) is 0 Å². The van der Waals surface area contributed by atoms with E-state index in [9.17, 15) is 4.79 Å². The first-order chi connectivity index (χ1) is 5.45. The summed E-state index contributed by atoms with van der Waals surface area (Å²) < 4.78 is 4.94. The van der Waals surface area contributed by atoms with Gasteiger partial charge in [0.25, 0.3) is 0 Å². The predicted molar refractivity (Wildman–Crippen MR) is 48.7 cm³/mol. The molecule has 0 atom stereocenters. The minimum absolute atomic E-state index is 0.193. The van der Waals surface area contributed by atoms with Crippen molar-refractivity contribution in [2.45, 2.75) is 33.6 Å². The van der Waals surface area contributed by atoms with Gasteiger partial charge in [-0.1, -0.05) is 20.8 Å². The molecule has 2 N–H and O–H groups in total. The van der Waals surface area contributed by atoms with Crippen molar-refractivity contribution >= 4 is 5.97 Å². The SMILES string of the molecule is CC(C)(C)CCOC(=O)CCN. The fourth-order valence-electron chi connectivity index (χ4n) is 0.661. The summed E-state index contributed by atoms with van der Waals surface area (Å²) in [5, 5.41) is 0. The molecule has 72 valence electrons. The summed E-state index contributed by atoms with van der Waals surface area (Å²) in [6.45, 7) is 7.22. The van der Waals surface area contributed by atoms with E-state index in [0.717, 1.165) is 6.42 Å². The summed E-state index contributed by atoms with van der Waals surface area (Å²) in [5.74, 6) is -0.193. The Morgan fingerprint density at radius 2 is 2.00 bits per heavy atom. The largest absolute Gasteiger partial charge is 0.466 e. The molecule has 12 heavy (non-hydrogen) atoms. The minimum Gasteiger partial charge on any atom is -0.466 e. The van der Waals surface area contributed by atoms with Crippen molar-refractivity contribution in [2.75, 3.05) is 13.2 Å². The van der Waals surface area contributed by atoms with Crippen LogP contribution in [0.25, 0.3) is 0 Å². The Morgan fingerprint density at radius 3 is 2.42 bits per heavy atom. The van der Waals surface area contributed by atoms with E-state index in [1.807, 2.05) is 0 Å². The molecule has 0 saturated carbocycles. The fraction of sp³-hybridized carbons (Fsp3) is 0.889. The van der Waals surface area contributed by atoms with Gasteiger partial charge in [-0.05, 0) is 11.8 Å². The standard InChI is InChI=1S/C9H19NO2/c1-9(2,3)5-7-12-8(11)4-6-10/h4-7,10H2,1-3H3. The van der Waals surface area contributed by atoms with Gasteiger partial charge in [0.05, 0.1) is 13.0 Å². The molecule has 0 heterocycles. The maximum Gasteiger partial charge on any atom is 0.307 e. The lowest BCUT2D eigenvalue weighted by Crippen LogP contribution is -2.15. The van der Waals surface area contributed by atoms with Crippen molar-refractivity contribution < 1.29 is 9.53 Å². The highest BCUT2D eigenvalue weighted by molar-refractivity contribution is 5.69. The van der Waals surface area contributed by atoms with Crippen LogP contribution in [0.3, 0.4) is 0 Å². The van der Waals surface area contributed by atoms with E-state index in [-0.39, 0.29) is 11.4 Å². The Kier molecular flexibility index (Phi) is 4.90. The molecule has 0 bridgehead atoms. The monoisotopic (exact) mass is 173 g/mol. The number of esters is 1. The zero-order valence-corrected chi connectivity index (χ0v) is 8.22. The second-order valence-corrected chi connectivity index (χ2v) is 4.07. The van der Waals surface area contributed by atoms with Crippen LogP contribution in [0.1, 0.15) is 33.6 Å². The molecule has 0 fully saturated rings. The Hall–Kier alpha value is -0.570. The number of hydrogen-bond donors (Lipinski definition) is 1. The van der Waals surface area contributed by atoms with E-state index < -0.39 is 0 Å². The van der Waals surface area contributed by atoms with Crippen LogP contribution in [0.4, 0.5) is 0 Å². The predicted octanol–water partition coefficient (Wildman–Crippen LogP) is 1.31. The van der Waals surface area contributed by atoms with Crippen LogP contribution in [0.5, 0.6) is 0 Å². The van der Waals surface area contributed by atoms with Gasteiger partial charge in [-0.25, -0.2) is 0 Å². The zero-order valence-electron chi connectivity index (χ0n) is 8.22. The van der Waals surface area contributed by atoms with Crippen LogP contribution in [0.2, 0.25) is 0 Å². The molecule has 0 rings (SSSR count). The number of carbonyl (C=O) groups excluding carboxylic acids is 1. The molecule has 0 amide bonds. The molecule has 0 unspecified atom stereocenters. The number of hydrogen-bond acceptors (Lipinski definition) is 3. The van der Waals surface area contributed by atoms with E-state index in [0.29, 0.717) is 19.6 Å². The highest BCUT2D eigenvalue weighted by Crippen LogP contribution is 2.17. The molecular weight excluding hydrogens is 154 g/mol. The van der Waals surface area contributed by atoms with Gasteiger partial charge in [-0.3, -0.25) is 4.79 Å². The average Bonchev–Trinajstić information content (AvgIpc) is 1.84. The van der Waals surface area contributed by atoms with Gasteiger partial charge in [0.15, 0.2) is 0 Å². The molecule has 0 spiro atoms. The van der Waals surface area contributed by atoms with Crippen molar-refractivity contribution in [2.24, 2.45) is 11.1 Å². The Bertz CT molecular complexity index is 138. The van der Waals surface area contributed by atoms with E-state index in [1.165, 1.54) is 0 Å². The molecule has 0 saturated heterocycles. The molecule has 0 aliphatic heterocycles. The van der Waals surface area contributed by atoms with Gasteiger partial charge in [0, 0.05) is 6.54 Å². The van der Waals surface area contributed by atoms with Crippen LogP contribution < -0.4 is 5.73 Å². The average molecular weight is 173 g/mol. The molecule has 0 aliphatic carbocycles. The molecule has 0 aromatic heterocycles. The highest BCUT2D eigenvalue weighted by Gasteiger charge is 2.10. The Labute approximate surface area is 74.3 Å². The summed E-state index contributed by atoms with van der Waals surface area (Å²) in [6.07, 6.45) is 1.22.